The number of rotatable bonds is 2. The maximum absolute atomic E-state index is 12.9. The number of hydrogen-bond donors (Lipinski definition) is 0. The van der Waals surface area contributed by atoms with Gasteiger partial charge in [-0.3, -0.25) is 0 Å². The van der Waals surface area contributed by atoms with Gasteiger partial charge in [-0.1, -0.05) is 12.1 Å². The molecule has 0 amide bonds. The smallest absolute Gasteiger partial charge is 0.212 e. The van der Waals surface area contributed by atoms with Gasteiger partial charge in [0.05, 0.1) is 5.75 Å². The molecule has 1 aromatic rings. The summed E-state index contributed by atoms with van der Waals surface area (Å²) in [7, 11) is 1.41. The molecule has 13 heavy (non-hydrogen) atoms. The van der Waals surface area contributed by atoms with Crippen LogP contribution in [0, 0.1) is 12.7 Å². The lowest BCUT2D eigenvalue weighted by Crippen LogP contribution is -1.96. The van der Waals surface area contributed by atoms with E-state index in [4.69, 9.17) is 10.7 Å². The standard InChI is InChI=1S/C8H8ClFO2S/c1-6-2-3-7(4-8(6)10)5-13(9,11)12/h2-4H,5H2,1H3. The van der Waals surface area contributed by atoms with Gasteiger partial charge in [0.1, 0.15) is 5.82 Å². The molecule has 5 heteroatoms. The topological polar surface area (TPSA) is 34.1 Å². The molecule has 0 heterocycles. The number of hydrogen-bond acceptors (Lipinski definition) is 2. The van der Waals surface area contributed by atoms with Crippen molar-refractivity contribution in [3.05, 3.63) is 35.1 Å². The lowest BCUT2D eigenvalue weighted by atomic mass is 10.2. The molecule has 0 aliphatic rings. The maximum atomic E-state index is 12.9. The van der Waals surface area contributed by atoms with Crippen molar-refractivity contribution in [3.63, 3.8) is 0 Å². The van der Waals surface area contributed by atoms with Crippen molar-refractivity contribution in [1.29, 1.82) is 0 Å². The summed E-state index contributed by atoms with van der Waals surface area (Å²) in [5.41, 5.74) is 0.842. The molecule has 0 spiro atoms. The third-order valence-electron chi connectivity index (χ3n) is 1.58. The fourth-order valence-corrected chi connectivity index (χ4v) is 1.88. The van der Waals surface area contributed by atoms with Gasteiger partial charge in [0.2, 0.25) is 9.05 Å². The van der Waals surface area contributed by atoms with Crippen molar-refractivity contribution in [1.82, 2.24) is 0 Å². The lowest BCUT2D eigenvalue weighted by molar-refractivity contribution is 0.607. The Hall–Kier alpha value is -0.610. The van der Waals surface area contributed by atoms with Gasteiger partial charge < -0.3 is 0 Å². The van der Waals surface area contributed by atoms with E-state index in [1.807, 2.05) is 0 Å². The predicted octanol–water partition coefficient (Wildman–Crippen LogP) is 2.20. The van der Waals surface area contributed by atoms with Gasteiger partial charge in [-0.25, -0.2) is 12.8 Å². The van der Waals surface area contributed by atoms with Crippen LogP contribution in [0.25, 0.3) is 0 Å². The Bertz CT molecular complexity index is 414. The second kappa shape index (κ2) is 3.64. The molecule has 1 rings (SSSR count). The molecule has 0 radical (unpaired) electrons. The molecule has 0 fully saturated rings. The van der Waals surface area contributed by atoms with Crippen molar-refractivity contribution >= 4 is 19.7 Å². The van der Waals surface area contributed by atoms with E-state index in [9.17, 15) is 12.8 Å². The van der Waals surface area contributed by atoms with E-state index in [1.54, 1.807) is 13.0 Å². The van der Waals surface area contributed by atoms with Gasteiger partial charge in [0.15, 0.2) is 0 Å². The molecule has 2 nitrogen and oxygen atoms in total. The Morgan fingerprint density at radius 2 is 2.08 bits per heavy atom. The second-order valence-electron chi connectivity index (χ2n) is 2.77. The highest BCUT2D eigenvalue weighted by atomic mass is 35.7. The monoisotopic (exact) mass is 222 g/mol. The van der Waals surface area contributed by atoms with Crippen molar-refractivity contribution in [2.75, 3.05) is 0 Å². The zero-order chi connectivity index (χ0) is 10.1. The predicted molar refractivity (Wildman–Crippen MR) is 49.6 cm³/mol. The minimum absolute atomic E-state index is 0.342. The van der Waals surface area contributed by atoms with Crippen LogP contribution in [-0.2, 0) is 14.8 Å². The van der Waals surface area contributed by atoms with Crippen LogP contribution in [0.3, 0.4) is 0 Å². The maximum Gasteiger partial charge on any atom is 0.236 e. The second-order valence-corrected chi connectivity index (χ2v) is 5.54. The van der Waals surface area contributed by atoms with E-state index in [0.717, 1.165) is 0 Å². The van der Waals surface area contributed by atoms with Crippen LogP contribution >= 0.6 is 10.7 Å². The lowest BCUT2D eigenvalue weighted by Gasteiger charge is -2.00. The fraction of sp³-hybridized carbons (Fsp3) is 0.250. The van der Waals surface area contributed by atoms with E-state index in [-0.39, 0.29) is 5.75 Å². The Morgan fingerprint density at radius 1 is 1.46 bits per heavy atom. The Balaban J connectivity index is 2.99. The van der Waals surface area contributed by atoms with Gasteiger partial charge in [-0.2, -0.15) is 0 Å². The van der Waals surface area contributed by atoms with Gasteiger partial charge in [0.25, 0.3) is 0 Å². The summed E-state index contributed by atoms with van der Waals surface area (Å²) in [6, 6.07) is 4.24. The Kier molecular flexibility index (Phi) is 2.93. The summed E-state index contributed by atoms with van der Waals surface area (Å²) in [5, 5.41) is 0. The van der Waals surface area contributed by atoms with Crippen LogP contribution in [0.4, 0.5) is 4.39 Å². The van der Waals surface area contributed by atoms with Crippen LogP contribution in [0.2, 0.25) is 0 Å². The normalized spacial score (nSPS) is 11.6. The molecule has 0 bridgehead atoms. The van der Waals surface area contributed by atoms with E-state index in [2.05, 4.69) is 0 Å². The molecule has 0 atom stereocenters. The van der Waals surface area contributed by atoms with Crippen molar-refractivity contribution in [3.8, 4) is 0 Å². The van der Waals surface area contributed by atoms with E-state index in [0.29, 0.717) is 11.1 Å². The van der Waals surface area contributed by atoms with Crippen LogP contribution in [0.15, 0.2) is 18.2 Å². The molecule has 72 valence electrons. The average molecular weight is 223 g/mol. The van der Waals surface area contributed by atoms with Gasteiger partial charge >= 0.3 is 0 Å². The molecule has 0 aromatic heterocycles. The summed E-state index contributed by atoms with van der Waals surface area (Å²) in [6.45, 7) is 1.61. The third-order valence-corrected chi connectivity index (χ3v) is 2.58. The largest absolute Gasteiger partial charge is 0.236 e. The van der Waals surface area contributed by atoms with Crippen molar-refractivity contribution < 1.29 is 12.8 Å². The first-order chi connectivity index (χ1) is 5.88. The first kappa shape index (κ1) is 10.5. The first-order valence-electron chi connectivity index (χ1n) is 3.56. The highest BCUT2D eigenvalue weighted by Crippen LogP contribution is 2.13. The summed E-state index contributed by atoms with van der Waals surface area (Å²) in [6.07, 6.45) is 0. The molecule has 0 aliphatic carbocycles. The molecule has 0 saturated carbocycles. The molecule has 1 aromatic carbocycles. The quantitative estimate of drug-likeness (QED) is 0.719. The van der Waals surface area contributed by atoms with Gasteiger partial charge in [0, 0.05) is 10.7 Å². The fourth-order valence-electron chi connectivity index (χ4n) is 0.925. The summed E-state index contributed by atoms with van der Waals surface area (Å²) >= 11 is 0. The molecule has 0 unspecified atom stereocenters. The highest BCUT2D eigenvalue weighted by molar-refractivity contribution is 8.13. The molecule has 0 aliphatic heterocycles. The van der Waals surface area contributed by atoms with Crippen LogP contribution in [-0.4, -0.2) is 8.42 Å². The van der Waals surface area contributed by atoms with Crippen LogP contribution in [0.5, 0.6) is 0 Å². The van der Waals surface area contributed by atoms with Gasteiger partial charge in [-0.15, -0.1) is 0 Å². The first-order valence-corrected chi connectivity index (χ1v) is 6.04. The summed E-state index contributed by atoms with van der Waals surface area (Å²) < 4.78 is 34.2. The Labute approximate surface area is 80.8 Å². The van der Waals surface area contributed by atoms with E-state index < -0.39 is 14.9 Å². The molecule has 0 saturated heterocycles. The minimum atomic E-state index is -3.60. The van der Waals surface area contributed by atoms with Crippen molar-refractivity contribution in [2.24, 2.45) is 0 Å². The number of halogens is 2. The molecule has 0 N–H and O–H groups in total. The zero-order valence-electron chi connectivity index (χ0n) is 6.92. The summed E-state index contributed by atoms with van der Waals surface area (Å²) in [4.78, 5) is 0. The Morgan fingerprint density at radius 3 is 2.54 bits per heavy atom. The zero-order valence-corrected chi connectivity index (χ0v) is 8.49. The highest BCUT2D eigenvalue weighted by Gasteiger charge is 2.08. The van der Waals surface area contributed by atoms with E-state index in [1.165, 1.54) is 12.1 Å². The summed E-state index contributed by atoms with van der Waals surface area (Å²) in [5.74, 6) is -0.760. The average Bonchev–Trinajstić information content (AvgIpc) is 1.94. The number of benzene rings is 1. The van der Waals surface area contributed by atoms with Crippen molar-refractivity contribution in [2.45, 2.75) is 12.7 Å². The molecular formula is C8H8ClFO2S. The van der Waals surface area contributed by atoms with Gasteiger partial charge in [-0.05, 0) is 24.1 Å². The van der Waals surface area contributed by atoms with E-state index >= 15 is 0 Å². The minimum Gasteiger partial charge on any atom is -0.212 e. The van der Waals surface area contributed by atoms with Crippen LogP contribution in [0.1, 0.15) is 11.1 Å². The number of aryl methyl sites for hydroxylation is 1. The third kappa shape index (κ3) is 3.32. The molecular weight excluding hydrogens is 215 g/mol. The van der Waals surface area contributed by atoms with Crippen LogP contribution < -0.4 is 0 Å². The SMILES string of the molecule is Cc1ccc(CS(=O)(=O)Cl)cc1F.